The minimum absolute atomic E-state index is 0.0764. The second-order valence-electron chi connectivity index (χ2n) is 4.43. The van der Waals surface area contributed by atoms with Crippen LogP contribution in [0.4, 0.5) is 0 Å². The number of nitrogens with zero attached hydrogens (tertiary/aromatic N) is 1. The summed E-state index contributed by atoms with van der Waals surface area (Å²) in [7, 11) is 0. The molecule has 0 aromatic rings. The molecule has 3 nitrogen and oxygen atoms in total. The summed E-state index contributed by atoms with van der Waals surface area (Å²) in [5, 5.41) is 3.25. The first kappa shape index (κ1) is 11.5. The Hall–Kier alpha value is -0.570. The standard InChI is InChI=1S/C11H22N2O/c1-4-12-10-6-5-7-13(11(10)14)8-9(2)3/h9-10,12H,4-8H2,1-3H3. The van der Waals surface area contributed by atoms with Gasteiger partial charge in [-0.3, -0.25) is 4.79 Å². The molecular weight excluding hydrogens is 176 g/mol. The van der Waals surface area contributed by atoms with Crippen LogP contribution in [0.3, 0.4) is 0 Å². The zero-order valence-corrected chi connectivity index (χ0v) is 9.55. The quantitative estimate of drug-likeness (QED) is 0.737. The molecule has 0 radical (unpaired) electrons. The lowest BCUT2D eigenvalue weighted by atomic mass is 10.0. The molecule has 1 amide bonds. The summed E-state index contributed by atoms with van der Waals surface area (Å²) < 4.78 is 0. The minimum atomic E-state index is 0.0764. The van der Waals surface area contributed by atoms with Gasteiger partial charge < -0.3 is 10.2 Å². The summed E-state index contributed by atoms with van der Waals surface area (Å²) in [5.74, 6) is 0.867. The first-order chi connectivity index (χ1) is 6.65. The molecule has 0 saturated carbocycles. The second kappa shape index (κ2) is 5.35. The molecule has 0 bridgehead atoms. The highest BCUT2D eigenvalue weighted by atomic mass is 16.2. The highest BCUT2D eigenvalue weighted by Gasteiger charge is 2.27. The fourth-order valence-corrected chi connectivity index (χ4v) is 2.00. The number of likely N-dealkylation sites (tertiary alicyclic amines) is 1. The second-order valence-corrected chi connectivity index (χ2v) is 4.43. The number of amides is 1. The average molecular weight is 198 g/mol. The third-order valence-corrected chi connectivity index (χ3v) is 2.57. The van der Waals surface area contributed by atoms with Crippen LogP contribution in [0.25, 0.3) is 0 Å². The van der Waals surface area contributed by atoms with Crippen molar-refractivity contribution in [2.45, 2.75) is 39.7 Å². The van der Waals surface area contributed by atoms with Crippen molar-refractivity contribution in [1.82, 2.24) is 10.2 Å². The number of likely N-dealkylation sites (N-methyl/N-ethyl adjacent to an activating group) is 1. The Morgan fingerprint density at radius 1 is 1.57 bits per heavy atom. The lowest BCUT2D eigenvalue weighted by molar-refractivity contribution is -0.136. The van der Waals surface area contributed by atoms with E-state index in [0.717, 1.165) is 32.5 Å². The maximum absolute atomic E-state index is 11.9. The van der Waals surface area contributed by atoms with Gasteiger partial charge in [0.1, 0.15) is 0 Å². The molecule has 1 aliphatic rings. The Kier molecular flexibility index (Phi) is 4.39. The fourth-order valence-electron chi connectivity index (χ4n) is 2.00. The van der Waals surface area contributed by atoms with Crippen LogP contribution in [0.5, 0.6) is 0 Å². The molecule has 14 heavy (non-hydrogen) atoms. The average Bonchev–Trinajstić information content (AvgIpc) is 2.11. The zero-order chi connectivity index (χ0) is 10.6. The van der Waals surface area contributed by atoms with Crippen LogP contribution in [0.15, 0.2) is 0 Å². The van der Waals surface area contributed by atoms with Gasteiger partial charge in [0.2, 0.25) is 5.91 Å². The molecule has 1 atom stereocenters. The van der Waals surface area contributed by atoms with Crippen LogP contribution in [0.2, 0.25) is 0 Å². The predicted molar refractivity (Wildman–Crippen MR) is 58.1 cm³/mol. The highest BCUT2D eigenvalue weighted by molar-refractivity contribution is 5.82. The van der Waals surface area contributed by atoms with E-state index in [1.54, 1.807) is 0 Å². The van der Waals surface area contributed by atoms with Gasteiger partial charge in [-0.2, -0.15) is 0 Å². The Morgan fingerprint density at radius 2 is 2.29 bits per heavy atom. The van der Waals surface area contributed by atoms with Crippen LogP contribution < -0.4 is 5.32 Å². The molecule has 0 aromatic heterocycles. The van der Waals surface area contributed by atoms with Gasteiger partial charge in [-0.1, -0.05) is 20.8 Å². The summed E-state index contributed by atoms with van der Waals surface area (Å²) in [6, 6.07) is 0.0764. The number of piperidine rings is 1. The van der Waals surface area contributed by atoms with E-state index in [4.69, 9.17) is 0 Å². The van der Waals surface area contributed by atoms with Crippen LogP contribution >= 0.6 is 0 Å². The van der Waals surface area contributed by atoms with Crippen molar-refractivity contribution in [3.05, 3.63) is 0 Å². The largest absolute Gasteiger partial charge is 0.341 e. The molecule has 1 saturated heterocycles. The van der Waals surface area contributed by atoms with Gasteiger partial charge in [-0.05, 0) is 25.3 Å². The molecule has 3 heteroatoms. The number of rotatable bonds is 4. The van der Waals surface area contributed by atoms with Gasteiger partial charge in [0, 0.05) is 13.1 Å². The van der Waals surface area contributed by atoms with Crippen LogP contribution in [0, 0.1) is 5.92 Å². The van der Waals surface area contributed by atoms with Crippen molar-refractivity contribution in [2.75, 3.05) is 19.6 Å². The van der Waals surface area contributed by atoms with Gasteiger partial charge in [0.05, 0.1) is 6.04 Å². The summed E-state index contributed by atoms with van der Waals surface area (Å²) in [6.45, 7) is 9.09. The van der Waals surface area contributed by atoms with E-state index < -0.39 is 0 Å². The molecule has 1 fully saturated rings. The number of hydrogen-bond acceptors (Lipinski definition) is 2. The molecule has 1 heterocycles. The Morgan fingerprint density at radius 3 is 2.86 bits per heavy atom. The maximum atomic E-state index is 11.9. The van der Waals surface area contributed by atoms with E-state index >= 15 is 0 Å². The molecule has 1 unspecified atom stereocenters. The molecular formula is C11H22N2O. The van der Waals surface area contributed by atoms with E-state index in [1.165, 1.54) is 0 Å². The van der Waals surface area contributed by atoms with Crippen molar-refractivity contribution in [3.8, 4) is 0 Å². The third-order valence-electron chi connectivity index (χ3n) is 2.57. The van der Waals surface area contributed by atoms with Crippen LogP contribution in [0.1, 0.15) is 33.6 Å². The highest BCUT2D eigenvalue weighted by Crippen LogP contribution is 2.13. The van der Waals surface area contributed by atoms with Gasteiger partial charge >= 0.3 is 0 Å². The Bertz CT molecular complexity index is 190. The molecule has 0 aliphatic carbocycles. The maximum Gasteiger partial charge on any atom is 0.239 e. The van der Waals surface area contributed by atoms with E-state index in [0.29, 0.717) is 11.8 Å². The lowest BCUT2D eigenvalue weighted by Gasteiger charge is -2.33. The summed E-state index contributed by atoms with van der Waals surface area (Å²) in [4.78, 5) is 13.9. The summed E-state index contributed by atoms with van der Waals surface area (Å²) in [5.41, 5.74) is 0. The Balaban J connectivity index is 2.48. The van der Waals surface area contributed by atoms with Crippen LogP contribution in [-0.2, 0) is 4.79 Å². The van der Waals surface area contributed by atoms with E-state index in [9.17, 15) is 4.79 Å². The number of hydrogen-bond donors (Lipinski definition) is 1. The lowest BCUT2D eigenvalue weighted by Crippen LogP contribution is -2.51. The predicted octanol–water partition coefficient (Wildman–Crippen LogP) is 1.24. The van der Waals surface area contributed by atoms with E-state index in [1.807, 2.05) is 4.90 Å². The molecule has 0 aromatic carbocycles. The topological polar surface area (TPSA) is 32.3 Å². The first-order valence-electron chi connectivity index (χ1n) is 5.67. The summed E-state index contributed by atoms with van der Waals surface area (Å²) in [6.07, 6.45) is 2.14. The van der Waals surface area contributed by atoms with Crippen molar-refractivity contribution in [3.63, 3.8) is 0 Å². The third kappa shape index (κ3) is 2.98. The number of nitrogens with one attached hydrogen (secondary N) is 1. The van der Waals surface area contributed by atoms with Gasteiger partial charge in [-0.25, -0.2) is 0 Å². The van der Waals surface area contributed by atoms with Crippen molar-refractivity contribution >= 4 is 5.91 Å². The number of carbonyl (C=O) groups excluding carboxylic acids is 1. The van der Waals surface area contributed by atoms with Gasteiger partial charge in [0.15, 0.2) is 0 Å². The fraction of sp³-hybridized carbons (Fsp3) is 0.909. The van der Waals surface area contributed by atoms with Crippen molar-refractivity contribution < 1.29 is 4.79 Å². The van der Waals surface area contributed by atoms with Crippen molar-refractivity contribution in [2.24, 2.45) is 5.92 Å². The number of carbonyl (C=O) groups is 1. The van der Waals surface area contributed by atoms with E-state index in [-0.39, 0.29) is 6.04 Å². The van der Waals surface area contributed by atoms with Gasteiger partial charge in [0.25, 0.3) is 0 Å². The van der Waals surface area contributed by atoms with E-state index in [2.05, 4.69) is 26.1 Å². The molecule has 82 valence electrons. The minimum Gasteiger partial charge on any atom is -0.341 e. The summed E-state index contributed by atoms with van der Waals surface area (Å²) >= 11 is 0. The van der Waals surface area contributed by atoms with Crippen LogP contribution in [-0.4, -0.2) is 36.5 Å². The Labute approximate surface area is 86.9 Å². The van der Waals surface area contributed by atoms with Crippen molar-refractivity contribution in [1.29, 1.82) is 0 Å². The first-order valence-corrected chi connectivity index (χ1v) is 5.67. The normalized spacial score (nSPS) is 23.3. The molecule has 1 N–H and O–H groups in total. The molecule has 1 aliphatic heterocycles. The SMILES string of the molecule is CCNC1CCCN(CC(C)C)C1=O. The molecule has 1 rings (SSSR count). The monoisotopic (exact) mass is 198 g/mol. The molecule has 0 spiro atoms. The van der Waals surface area contributed by atoms with Gasteiger partial charge in [-0.15, -0.1) is 0 Å². The zero-order valence-electron chi connectivity index (χ0n) is 9.55. The smallest absolute Gasteiger partial charge is 0.239 e.